The molecule has 3 rings (SSSR count). The number of hydrogen-bond acceptors (Lipinski definition) is 5. The Morgan fingerprint density at radius 2 is 1.33 bits per heavy atom. The zero-order valence-electron chi connectivity index (χ0n) is 14.6. The number of halogens is 1. The minimum atomic E-state index is -3.87. The highest BCUT2D eigenvalue weighted by molar-refractivity contribution is 7.89. The quantitative estimate of drug-likeness (QED) is 0.741. The first-order valence-corrected chi connectivity index (χ1v) is 11.0. The molecule has 0 unspecified atom stereocenters. The van der Waals surface area contributed by atoms with Gasteiger partial charge >= 0.3 is 0 Å². The number of benzene rings is 2. The molecule has 0 bridgehead atoms. The van der Waals surface area contributed by atoms with Gasteiger partial charge in [-0.2, -0.15) is 8.61 Å². The van der Waals surface area contributed by atoms with E-state index in [2.05, 4.69) is 0 Å². The Bertz CT molecular complexity index is 1020. The van der Waals surface area contributed by atoms with E-state index in [0.717, 1.165) is 6.07 Å². The van der Waals surface area contributed by atoms with Crippen molar-refractivity contribution in [2.24, 2.45) is 0 Å². The Morgan fingerprint density at radius 3 is 1.81 bits per heavy atom. The zero-order chi connectivity index (χ0) is 19.7. The van der Waals surface area contributed by atoms with Gasteiger partial charge in [0.2, 0.25) is 20.0 Å². The summed E-state index contributed by atoms with van der Waals surface area (Å²) < 4.78 is 71.5. The summed E-state index contributed by atoms with van der Waals surface area (Å²) in [6.07, 6.45) is 0. The first kappa shape index (κ1) is 19.7. The Labute approximate surface area is 158 Å². The third kappa shape index (κ3) is 3.98. The number of ether oxygens (including phenoxy) is 1. The fraction of sp³-hybridized carbons (Fsp3) is 0.294. The van der Waals surface area contributed by atoms with Crippen molar-refractivity contribution in [3.63, 3.8) is 0 Å². The van der Waals surface area contributed by atoms with Crippen molar-refractivity contribution in [2.75, 3.05) is 33.3 Å². The van der Waals surface area contributed by atoms with Crippen molar-refractivity contribution in [3.05, 3.63) is 54.3 Å². The summed E-state index contributed by atoms with van der Waals surface area (Å²) in [6, 6.07) is 10.8. The van der Waals surface area contributed by atoms with Crippen LogP contribution >= 0.6 is 0 Å². The highest BCUT2D eigenvalue weighted by atomic mass is 32.2. The molecule has 0 saturated carbocycles. The van der Waals surface area contributed by atoms with Gasteiger partial charge in [-0.05, 0) is 42.5 Å². The second kappa shape index (κ2) is 7.55. The van der Waals surface area contributed by atoms with E-state index in [0.29, 0.717) is 5.75 Å². The number of hydrogen-bond donors (Lipinski definition) is 0. The molecule has 1 heterocycles. The molecule has 0 N–H and O–H groups in total. The predicted octanol–water partition coefficient (Wildman–Crippen LogP) is 1.53. The van der Waals surface area contributed by atoms with Gasteiger partial charge < -0.3 is 4.74 Å². The summed E-state index contributed by atoms with van der Waals surface area (Å²) in [7, 11) is -6.11. The van der Waals surface area contributed by atoms with Crippen LogP contribution in [0.1, 0.15) is 0 Å². The molecular formula is C17H19FN2O5S2. The average molecular weight is 414 g/mol. The Hall–Kier alpha value is -2.01. The van der Waals surface area contributed by atoms with E-state index in [4.69, 9.17) is 4.74 Å². The van der Waals surface area contributed by atoms with E-state index < -0.39 is 25.9 Å². The molecule has 27 heavy (non-hydrogen) atoms. The summed E-state index contributed by atoms with van der Waals surface area (Å²) >= 11 is 0. The first-order valence-electron chi connectivity index (χ1n) is 8.15. The maximum absolute atomic E-state index is 13.3. The maximum atomic E-state index is 13.3. The Morgan fingerprint density at radius 1 is 0.815 bits per heavy atom. The van der Waals surface area contributed by atoms with Gasteiger partial charge in [0, 0.05) is 26.2 Å². The maximum Gasteiger partial charge on any atom is 0.243 e. The number of piperazine rings is 1. The van der Waals surface area contributed by atoms with E-state index >= 15 is 0 Å². The van der Waals surface area contributed by atoms with Crippen molar-refractivity contribution < 1.29 is 26.0 Å². The van der Waals surface area contributed by atoms with Gasteiger partial charge in [-0.3, -0.25) is 0 Å². The van der Waals surface area contributed by atoms with E-state index in [9.17, 15) is 21.2 Å². The van der Waals surface area contributed by atoms with Crippen LogP contribution in [0, 0.1) is 5.82 Å². The van der Waals surface area contributed by atoms with Crippen LogP contribution in [0.4, 0.5) is 4.39 Å². The third-order valence-corrected chi connectivity index (χ3v) is 8.14. The van der Waals surface area contributed by atoms with Gasteiger partial charge in [0.05, 0.1) is 16.9 Å². The number of sulfonamides is 2. The molecule has 0 aliphatic carbocycles. The molecule has 1 aliphatic heterocycles. The number of nitrogens with zero attached hydrogens (tertiary/aromatic N) is 2. The van der Waals surface area contributed by atoms with Crippen LogP contribution in [0.3, 0.4) is 0 Å². The standard InChI is InChI=1S/C17H19FN2O5S2/c1-25-15-5-7-16(8-6-15)26(21,22)19-9-11-20(12-10-19)27(23,24)17-4-2-3-14(18)13-17/h2-8,13H,9-12H2,1H3. The minimum absolute atomic E-state index is 0.00572. The average Bonchev–Trinajstić information content (AvgIpc) is 2.68. The summed E-state index contributed by atoms with van der Waals surface area (Å²) in [4.78, 5) is -0.0290. The molecule has 1 fully saturated rings. The van der Waals surface area contributed by atoms with Gasteiger partial charge in [0.1, 0.15) is 11.6 Å². The van der Waals surface area contributed by atoms with Crippen LogP contribution < -0.4 is 4.74 Å². The number of methoxy groups -OCH3 is 1. The molecule has 0 aromatic heterocycles. The van der Waals surface area contributed by atoms with Crippen molar-refractivity contribution in [1.29, 1.82) is 0 Å². The smallest absolute Gasteiger partial charge is 0.243 e. The highest BCUT2D eigenvalue weighted by Crippen LogP contribution is 2.23. The predicted molar refractivity (Wildman–Crippen MR) is 96.9 cm³/mol. The molecule has 146 valence electrons. The summed E-state index contributed by atoms with van der Waals surface area (Å²) in [5.41, 5.74) is 0. The molecule has 10 heteroatoms. The van der Waals surface area contributed by atoms with Gasteiger partial charge in [-0.15, -0.1) is 0 Å². The first-order chi connectivity index (χ1) is 12.7. The second-order valence-corrected chi connectivity index (χ2v) is 9.82. The lowest BCUT2D eigenvalue weighted by Crippen LogP contribution is -2.50. The molecule has 7 nitrogen and oxygen atoms in total. The van der Waals surface area contributed by atoms with Crippen LogP contribution in [0.15, 0.2) is 58.3 Å². The molecule has 2 aromatic rings. The Kier molecular flexibility index (Phi) is 5.52. The fourth-order valence-electron chi connectivity index (χ4n) is 2.82. The molecule has 0 radical (unpaired) electrons. The monoisotopic (exact) mass is 414 g/mol. The van der Waals surface area contributed by atoms with E-state index in [1.54, 1.807) is 12.1 Å². The molecule has 0 atom stereocenters. The number of rotatable bonds is 5. The van der Waals surface area contributed by atoms with E-state index in [1.807, 2.05) is 0 Å². The van der Waals surface area contributed by atoms with Crippen LogP contribution in [-0.2, 0) is 20.0 Å². The molecule has 0 spiro atoms. The lowest BCUT2D eigenvalue weighted by Gasteiger charge is -2.33. The molecule has 1 saturated heterocycles. The molecule has 2 aromatic carbocycles. The van der Waals surface area contributed by atoms with Crippen LogP contribution in [0.5, 0.6) is 5.75 Å². The van der Waals surface area contributed by atoms with E-state index in [1.165, 1.54) is 46.1 Å². The third-order valence-electron chi connectivity index (χ3n) is 4.33. The van der Waals surface area contributed by atoms with Crippen molar-refractivity contribution in [1.82, 2.24) is 8.61 Å². The van der Waals surface area contributed by atoms with E-state index in [-0.39, 0.29) is 36.0 Å². The normalized spacial score (nSPS) is 17.0. The van der Waals surface area contributed by atoms with Crippen molar-refractivity contribution >= 4 is 20.0 Å². The summed E-state index contributed by atoms with van der Waals surface area (Å²) in [5, 5.41) is 0. The minimum Gasteiger partial charge on any atom is -0.497 e. The highest BCUT2D eigenvalue weighted by Gasteiger charge is 2.33. The van der Waals surface area contributed by atoms with Crippen molar-refractivity contribution in [3.8, 4) is 5.75 Å². The second-order valence-electron chi connectivity index (χ2n) is 5.94. The van der Waals surface area contributed by atoms with Gasteiger partial charge in [-0.25, -0.2) is 21.2 Å². The zero-order valence-corrected chi connectivity index (χ0v) is 16.2. The van der Waals surface area contributed by atoms with Crippen LogP contribution in [0.25, 0.3) is 0 Å². The van der Waals surface area contributed by atoms with Crippen molar-refractivity contribution in [2.45, 2.75) is 9.79 Å². The molecule has 1 aliphatic rings. The van der Waals surface area contributed by atoms with Gasteiger partial charge in [0.25, 0.3) is 0 Å². The topological polar surface area (TPSA) is 84.0 Å². The molecule has 0 amide bonds. The lowest BCUT2D eigenvalue weighted by molar-refractivity contribution is 0.272. The molecular weight excluding hydrogens is 395 g/mol. The largest absolute Gasteiger partial charge is 0.497 e. The van der Waals surface area contributed by atoms with Crippen LogP contribution in [0.2, 0.25) is 0 Å². The fourth-order valence-corrected chi connectivity index (χ4v) is 5.70. The SMILES string of the molecule is COc1ccc(S(=O)(=O)N2CCN(S(=O)(=O)c3cccc(F)c3)CC2)cc1. The van der Waals surface area contributed by atoms with Gasteiger partial charge in [-0.1, -0.05) is 6.07 Å². The Balaban J connectivity index is 1.74. The van der Waals surface area contributed by atoms with Gasteiger partial charge in [0.15, 0.2) is 0 Å². The summed E-state index contributed by atoms with van der Waals surface area (Å²) in [5.74, 6) is -0.100. The summed E-state index contributed by atoms with van der Waals surface area (Å²) in [6.45, 7) is 0.0221. The lowest BCUT2D eigenvalue weighted by atomic mass is 10.3. The van der Waals surface area contributed by atoms with Crippen LogP contribution in [-0.4, -0.2) is 58.7 Å².